The number of likely N-dealkylation sites (N-methyl/N-ethyl adjacent to an activating group) is 1. The summed E-state index contributed by atoms with van der Waals surface area (Å²) in [6.07, 6.45) is 2.02. The zero-order valence-electron chi connectivity index (χ0n) is 15.5. The molecule has 1 aromatic rings. The minimum atomic E-state index is -1.65. The van der Waals surface area contributed by atoms with Gasteiger partial charge in [0.15, 0.2) is 5.41 Å². The van der Waals surface area contributed by atoms with Gasteiger partial charge in [-0.25, -0.2) is 0 Å². The van der Waals surface area contributed by atoms with Gasteiger partial charge in [0, 0.05) is 11.8 Å². The summed E-state index contributed by atoms with van der Waals surface area (Å²) in [5, 5.41) is 38.2. The highest BCUT2D eigenvalue weighted by Crippen LogP contribution is 2.52. The van der Waals surface area contributed by atoms with Gasteiger partial charge in [0.2, 0.25) is 0 Å². The first-order chi connectivity index (χ1) is 13.0. The van der Waals surface area contributed by atoms with Crippen LogP contribution in [0.2, 0.25) is 0 Å². The quantitative estimate of drug-likeness (QED) is 0.795. The van der Waals surface area contributed by atoms with Crippen LogP contribution >= 0.6 is 0 Å². The van der Waals surface area contributed by atoms with Gasteiger partial charge in [-0.3, -0.25) is 0 Å². The van der Waals surface area contributed by atoms with Gasteiger partial charge in [-0.2, -0.15) is 15.8 Å². The molecule has 1 aliphatic carbocycles. The van der Waals surface area contributed by atoms with E-state index in [0.29, 0.717) is 6.61 Å². The molecule has 1 unspecified atom stereocenters. The molecule has 6 nitrogen and oxygen atoms in total. The van der Waals surface area contributed by atoms with Gasteiger partial charge in [0.25, 0.3) is 0 Å². The highest BCUT2D eigenvalue weighted by molar-refractivity contribution is 6.00. The summed E-state index contributed by atoms with van der Waals surface area (Å²) in [5.74, 6) is -0.693. The van der Waals surface area contributed by atoms with E-state index >= 15 is 0 Å². The molecule has 0 aromatic heterocycles. The van der Waals surface area contributed by atoms with E-state index in [0.717, 1.165) is 30.0 Å². The van der Waals surface area contributed by atoms with Gasteiger partial charge < -0.3 is 15.0 Å². The third-order valence-corrected chi connectivity index (χ3v) is 5.63. The average Bonchev–Trinajstić information content (AvgIpc) is 2.68. The maximum atomic E-state index is 9.98. The largest absolute Gasteiger partial charge is 0.494 e. The Balaban J connectivity index is 2.18. The van der Waals surface area contributed by atoms with Crippen LogP contribution in [0.3, 0.4) is 0 Å². The van der Waals surface area contributed by atoms with Crippen molar-refractivity contribution in [3.8, 4) is 24.0 Å². The second kappa shape index (κ2) is 7.23. The third kappa shape index (κ3) is 2.87. The molecule has 0 saturated heterocycles. The molecule has 1 aromatic carbocycles. The first kappa shape index (κ1) is 18.6. The number of hydrogen-bond acceptors (Lipinski definition) is 5. The summed E-state index contributed by atoms with van der Waals surface area (Å²) >= 11 is 0. The fourth-order valence-corrected chi connectivity index (χ4v) is 4.37. The number of fused-ring (bicyclic) bond motifs is 1. The summed E-state index contributed by atoms with van der Waals surface area (Å²) in [6.45, 7) is 3.97. The van der Waals surface area contributed by atoms with Crippen LogP contribution in [0.5, 0.6) is 5.75 Å². The summed E-state index contributed by atoms with van der Waals surface area (Å²) in [5.41, 5.74) is -0.0370. The molecule has 0 spiro atoms. The van der Waals surface area contributed by atoms with Crippen LogP contribution in [-0.2, 0) is 0 Å². The van der Waals surface area contributed by atoms with Crippen molar-refractivity contribution in [3.05, 3.63) is 41.5 Å². The maximum absolute atomic E-state index is 9.98. The number of benzene rings is 1. The van der Waals surface area contributed by atoms with E-state index < -0.39 is 17.3 Å². The van der Waals surface area contributed by atoms with Crippen LogP contribution in [0, 0.1) is 56.7 Å². The fourth-order valence-electron chi connectivity index (χ4n) is 4.37. The molecular formula is C21H22N5O+. The second-order valence-electron chi connectivity index (χ2n) is 7.16. The Morgan fingerprint density at radius 3 is 2.44 bits per heavy atom. The normalized spacial score (nSPS) is 28.7. The molecule has 0 bridgehead atoms. The predicted molar refractivity (Wildman–Crippen MR) is 99.0 cm³/mol. The summed E-state index contributed by atoms with van der Waals surface area (Å²) in [7, 11) is 2.06. The minimum absolute atomic E-state index is 0.101. The highest BCUT2D eigenvalue weighted by atomic mass is 16.5. The maximum Gasteiger partial charge on any atom is 0.189 e. The van der Waals surface area contributed by atoms with Crippen molar-refractivity contribution in [1.29, 1.82) is 21.2 Å². The molecule has 4 atom stereocenters. The molecule has 0 radical (unpaired) electrons. The topological polar surface area (TPSA) is 109 Å². The van der Waals surface area contributed by atoms with Gasteiger partial charge >= 0.3 is 0 Å². The van der Waals surface area contributed by atoms with Gasteiger partial charge in [0.05, 0.1) is 50.7 Å². The number of hydrogen-bond donors (Lipinski definition) is 2. The van der Waals surface area contributed by atoms with Crippen molar-refractivity contribution in [3.63, 3.8) is 0 Å². The zero-order chi connectivity index (χ0) is 19.6. The van der Waals surface area contributed by atoms with Crippen LogP contribution in [0.15, 0.2) is 35.9 Å². The Hall–Kier alpha value is -3.14. The van der Waals surface area contributed by atoms with E-state index in [1.54, 1.807) is 0 Å². The van der Waals surface area contributed by atoms with Crippen molar-refractivity contribution in [2.45, 2.75) is 12.8 Å². The zero-order valence-corrected chi connectivity index (χ0v) is 15.5. The smallest absolute Gasteiger partial charge is 0.189 e. The van der Waals surface area contributed by atoms with Crippen LogP contribution in [-0.4, -0.2) is 32.5 Å². The molecular weight excluding hydrogens is 338 g/mol. The van der Waals surface area contributed by atoms with Crippen LogP contribution < -0.4 is 9.64 Å². The standard InChI is InChI=1S/C21H21N5O/c1-3-27-15-6-4-14(5-7-15)19-18-11-26(2)9-8-16(18)17(10-22)20(25)21(19,12-23)13-24/h4-8,17-19,25H,3,9,11H2,1-2H3/p+1/t17-,18+,19-/m1/s1. The van der Waals surface area contributed by atoms with E-state index in [9.17, 15) is 15.8 Å². The first-order valence-electron chi connectivity index (χ1n) is 9.07. The Kier molecular flexibility index (Phi) is 5.00. The number of nitriles is 3. The number of ether oxygens (including phenoxy) is 1. The Bertz CT molecular complexity index is 882. The van der Waals surface area contributed by atoms with Crippen molar-refractivity contribution >= 4 is 5.71 Å². The lowest BCUT2D eigenvalue weighted by Gasteiger charge is -2.46. The molecule has 3 rings (SSSR count). The lowest BCUT2D eigenvalue weighted by Crippen LogP contribution is -3.10. The van der Waals surface area contributed by atoms with Gasteiger partial charge in [-0.1, -0.05) is 12.1 Å². The lowest BCUT2D eigenvalue weighted by atomic mass is 9.54. The third-order valence-electron chi connectivity index (χ3n) is 5.63. The van der Waals surface area contributed by atoms with Crippen LogP contribution in [0.4, 0.5) is 0 Å². The number of quaternary nitrogens is 1. The van der Waals surface area contributed by atoms with Crippen LogP contribution in [0.25, 0.3) is 0 Å². The number of nitrogens with one attached hydrogen (secondary N) is 2. The minimum Gasteiger partial charge on any atom is -0.494 e. The fraction of sp³-hybridized carbons (Fsp3) is 0.429. The average molecular weight is 360 g/mol. The number of nitrogens with zero attached hydrogens (tertiary/aromatic N) is 3. The van der Waals surface area contributed by atoms with E-state index in [1.807, 2.05) is 37.3 Å². The molecule has 1 fully saturated rings. The summed E-state index contributed by atoms with van der Waals surface area (Å²) in [6, 6.07) is 13.8. The molecule has 136 valence electrons. The molecule has 2 aliphatic rings. The number of rotatable bonds is 3. The van der Waals surface area contributed by atoms with Crippen molar-refractivity contribution < 1.29 is 9.64 Å². The van der Waals surface area contributed by atoms with E-state index in [4.69, 9.17) is 10.1 Å². The molecule has 0 amide bonds. The molecule has 6 heteroatoms. The second-order valence-corrected chi connectivity index (χ2v) is 7.16. The van der Waals surface area contributed by atoms with Crippen molar-refractivity contribution in [2.75, 3.05) is 26.7 Å². The predicted octanol–water partition coefficient (Wildman–Crippen LogP) is 1.45. The Morgan fingerprint density at radius 2 is 1.89 bits per heavy atom. The Morgan fingerprint density at radius 1 is 1.22 bits per heavy atom. The molecule has 2 N–H and O–H groups in total. The van der Waals surface area contributed by atoms with Gasteiger partial charge in [0.1, 0.15) is 11.7 Å². The SMILES string of the molecule is CCOc1ccc([C@@H]2[C@H]3C[NH+](C)CC=C3[C@@H](C#N)C(=N)C2(C#N)C#N)cc1. The van der Waals surface area contributed by atoms with Gasteiger partial charge in [-0.05, 0) is 36.3 Å². The summed E-state index contributed by atoms with van der Waals surface area (Å²) in [4.78, 5) is 1.26. The molecule has 1 aliphatic heterocycles. The monoisotopic (exact) mass is 360 g/mol. The lowest BCUT2D eigenvalue weighted by molar-refractivity contribution is -0.878. The molecule has 27 heavy (non-hydrogen) atoms. The van der Waals surface area contributed by atoms with Crippen molar-refractivity contribution in [1.82, 2.24) is 0 Å². The highest BCUT2D eigenvalue weighted by Gasteiger charge is 2.58. The van der Waals surface area contributed by atoms with E-state index in [-0.39, 0.29) is 11.6 Å². The van der Waals surface area contributed by atoms with Crippen molar-refractivity contribution in [2.24, 2.45) is 17.3 Å². The van der Waals surface area contributed by atoms with E-state index in [1.165, 1.54) is 4.90 Å². The van der Waals surface area contributed by atoms with Crippen LogP contribution in [0.1, 0.15) is 18.4 Å². The first-order valence-corrected chi connectivity index (χ1v) is 9.07. The molecule has 1 heterocycles. The Labute approximate surface area is 159 Å². The van der Waals surface area contributed by atoms with Gasteiger partial charge in [-0.15, -0.1) is 0 Å². The van der Waals surface area contributed by atoms with E-state index in [2.05, 4.69) is 25.3 Å². The summed E-state index contributed by atoms with van der Waals surface area (Å²) < 4.78 is 5.50. The molecule has 1 saturated carbocycles.